The third kappa shape index (κ3) is 3.60. The number of para-hydroxylation sites is 2. The Morgan fingerprint density at radius 1 is 1.25 bits per heavy atom. The maximum absolute atomic E-state index is 5.12. The van der Waals surface area contributed by atoms with Gasteiger partial charge >= 0.3 is 0 Å². The summed E-state index contributed by atoms with van der Waals surface area (Å²) in [6.45, 7) is 5.16. The molecule has 2 aliphatic rings. The molecule has 3 aromatic rings. The van der Waals surface area contributed by atoms with Crippen LogP contribution >= 0.6 is 22.7 Å². The summed E-state index contributed by atoms with van der Waals surface area (Å²) >= 11 is 3.60. The van der Waals surface area contributed by atoms with Crippen LogP contribution in [-0.4, -0.2) is 36.4 Å². The van der Waals surface area contributed by atoms with Gasteiger partial charge in [0.2, 0.25) is 0 Å². The summed E-state index contributed by atoms with van der Waals surface area (Å²) in [6.07, 6.45) is 2.29. The lowest BCUT2D eigenvalue weighted by molar-refractivity contribution is 0.282. The average Bonchev–Trinajstić information content (AvgIpc) is 3.32. The summed E-state index contributed by atoms with van der Waals surface area (Å²) in [7, 11) is 0. The minimum absolute atomic E-state index is 0.492. The van der Waals surface area contributed by atoms with Crippen molar-refractivity contribution in [3.63, 3.8) is 0 Å². The maximum atomic E-state index is 5.12. The maximum Gasteiger partial charge on any atom is 0.139 e. The van der Waals surface area contributed by atoms with Gasteiger partial charge in [0.15, 0.2) is 0 Å². The first-order valence-electron chi connectivity index (χ1n) is 9.81. The summed E-state index contributed by atoms with van der Waals surface area (Å²) in [6, 6.07) is 13.4. The number of amidine groups is 1. The zero-order valence-electron chi connectivity index (χ0n) is 15.9. The number of hydrogen-bond acceptors (Lipinski definition) is 6. The molecule has 1 atom stereocenters. The number of piperazine rings is 1. The molecule has 4 nitrogen and oxygen atoms in total. The molecule has 0 bridgehead atoms. The van der Waals surface area contributed by atoms with Gasteiger partial charge in [-0.3, -0.25) is 0 Å². The number of nitrogens with one attached hydrogen (secondary N) is 2. The molecule has 0 aliphatic carbocycles. The third-order valence-corrected chi connectivity index (χ3v) is 7.09. The largest absolute Gasteiger partial charge is 0.353 e. The fourth-order valence-electron chi connectivity index (χ4n) is 3.97. The normalized spacial score (nSPS) is 18.7. The minimum atomic E-state index is 0.492. The van der Waals surface area contributed by atoms with E-state index in [-0.39, 0.29) is 0 Å². The number of anilines is 2. The average molecular weight is 409 g/mol. The number of aliphatic imine (C=N–C) groups is 1. The van der Waals surface area contributed by atoms with E-state index in [1.165, 1.54) is 21.0 Å². The first-order valence-corrected chi connectivity index (χ1v) is 11.6. The number of hydrogen-bond donors (Lipinski definition) is 2. The first kappa shape index (κ1) is 17.9. The summed E-state index contributed by atoms with van der Waals surface area (Å²) in [5, 5.41) is 13.0. The van der Waals surface area contributed by atoms with E-state index in [1.807, 2.05) is 11.3 Å². The molecule has 28 heavy (non-hydrogen) atoms. The van der Waals surface area contributed by atoms with Crippen molar-refractivity contribution in [1.29, 1.82) is 0 Å². The number of benzene rings is 1. The molecule has 5 rings (SSSR count). The molecule has 0 spiro atoms. The Morgan fingerprint density at radius 3 is 3.07 bits per heavy atom. The topological polar surface area (TPSA) is 39.7 Å². The quantitative estimate of drug-likeness (QED) is 0.629. The van der Waals surface area contributed by atoms with Crippen LogP contribution in [0.2, 0.25) is 0 Å². The van der Waals surface area contributed by atoms with E-state index in [0.717, 1.165) is 49.7 Å². The van der Waals surface area contributed by atoms with Gasteiger partial charge in [0.1, 0.15) is 10.8 Å². The Bertz CT molecular complexity index is 990. The van der Waals surface area contributed by atoms with Gasteiger partial charge in [-0.15, -0.1) is 11.3 Å². The van der Waals surface area contributed by atoms with Crippen molar-refractivity contribution in [2.45, 2.75) is 25.8 Å². The van der Waals surface area contributed by atoms with E-state index in [9.17, 15) is 0 Å². The number of fused-ring (bicyclic) bond motifs is 2. The monoisotopic (exact) mass is 408 g/mol. The molecule has 0 saturated carbocycles. The van der Waals surface area contributed by atoms with E-state index < -0.39 is 0 Å². The molecule has 4 heterocycles. The SMILES string of the molecule is Cc1cc2c(s1)Nc1ccccc1N=C2N1CCNC(CCc2ccsc2)C1. The van der Waals surface area contributed by atoms with Gasteiger partial charge in [-0.2, -0.15) is 11.3 Å². The molecule has 144 valence electrons. The minimum Gasteiger partial charge on any atom is -0.353 e. The Hall–Kier alpha value is -2.15. The third-order valence-electron chi connectivity index (χ3n) is 5.39. The summed E-state index contributed by atoms with van der Waals surface area (Å²) < 4.78 is 0. The number of aryl methyl sites for hydroxylation is 2. The highest BCUT2D eigenvalue weighted by Crippen LogP contribution is 2.39. The van der Waals surface area contributed by atoms with Crippen molar-refractivity contribution in [2.24, 2.45) is 4.99 Å². The highest BCUT2D eigenvalue weighted by Gasteiger charge is 2.27. The lowest BCUT2D eigenvalue weighted by atomic mass is 10.0. The standard InChI is InChI=1S/C22H24N4S2/c1-15-12-18-21(24-19-4-2-3-5-20(19)25-22(18)28-15)26-10-9-23-17(13-26)7-6-16-8-11-27-14-16/h2-5,8,11-12,14,17,23,25H,6-7,9-10,13H2,1H3. The molecular formula is C22H24N4S2. The smallest absolute Gasteiger partial charge is 0.139 e. The highest BCUT2D eigenvalue weighted by atomic mass is 32.1. The second kappa shape index (κ2) is 7.70. The zero-order chi connectivity index (χ0) is 18.9. The molecule has 2 aliphatic heterocycles. The lowest BCUT2D eigenvalue weighted by Gasteiger charge is -2.35. The Kier molecular flexibility index (Phi) is 4.93. The fraction of sp³-hybridized carbons (Fsp3) is 0.318. The van der Waals surface area contributed by atoms with Gasteiger partial charge in [-0.1, -0.05) is 12.1 Å². The molecule has 1 unspecified atom stereocenters. The molecule has 0 radical (unpaired) electrons. The first-order chi connectivity index (χ1) is 13.8. The van der Waals surface area contributed by atoms with Crippen LogP contribution in [0.3, 0.4) is 0 Å². The fourth-order valence-corrected chi connectivity index (χ4v) is 5.60. The van der Waals surface area contributed by atoms with Crippen LogP contribution in [0.5, 0.6) is 0 Å². The summed E-state index contributed by atoms with van der Waals surface area (Å²) in [4.78, 5) is 8.91. The predicted octanol–water partition coefficient (Wildman–Crippen LogP) is 5.16. The van der Waals surface area contributed by atoms with Crippen LogP contribution in [-0.2, 0) is 6.42 Å². The van der Waals surface area contributed by atoms with Gasteiger partial charge in [-0.25, -0.2) is 4.99 Å². The number of nitrogens with zero attached hydrogens (tertiary/aromatic N) is 2. The van der Waals surface area contributed by atoms with E-state index in [2.05, 4.69) is 69.6 Å². The van der Waals surface area contributed by atoms with Crippen molar-refractivity contribution in [3.05, 3.63) is 63.2 Å². The molecule has 6 heteroatoms. The summed E-state index contributed by atoms with van der Waals surface area (Å²) in [5.74, 6) is 1.11. The van der Waals surface area contributed by atoms with Gasteiger partial charge in [0.05, 0.1) is 16.9 Å². The van der Waals surface area contributed by atoms with E-state index >= 15 is 0 Å². The van der Waals surface area contributed by atoms with Gasteiger partial charge in [0.25, 0.3) is 0 Å². The van der Waals surface area contributed by atoms with Crippen LogP contribution in [0, 0.1) is 6.92 Å². The second-order valence-corrected chi connectivity index (χ2v) is 9.48. The second-order valence-electron chi connectivity index (χ2n) is 7.44. The number of rotatable bonds is 3. The van der Waals surface area contributed by atoms with Crippen molar-refractivity contribution in [3.8, 4) is 0 Å². The molecule has 0 amide bonds. The Labute approximate surface area is 173 Å². The molecule has 2 aromatic heterocycles. The molecule has 1 fully saturated rings. The molecular weight excluding hydrogens is 384 g/mol. The van der Waals surface area contributed by atoms with Gasteiger partial charge < -0.3 is 15.5 Å². The number of thiophene rings is 2. The van der Waals surface area contributed by atoms with Crippen LogP contribution in [0.4, 0.5) is 16.4 Å². The molecule has 1 aromatic carbocycles. The van der Waals surface area contributed by atoms with E-state index in [4.69, 9.17) is 4.99 Å². The Morgan fingerprint density at radius 2 is 2.18 bits per heavy atom. The van der Waals surface area contributed by atoms with E-state index in [1.54, 1.807) is 11.3 Å². The lowest BCUT2D eigenvalue weighted by Crippen LogP contribution is -2.52. The Balaban J connectivity index is 1.42. The van der Waals surface area contributed by atoms with Crippen molar-refractivity contribution in [2.75, 3.05) is 25.0 Å². The predicted molar refractivity (Wildman–Crippen MR) is 121 cm³/mol. The van der Waals surface area contributed by atoms with Crippen LogP contribution in [0.1, 0.15) is 22.4 Å². The van der Waals surface area contributed by atoms with Gasteiger partial charge in [-0.05, 0) is 60.4 Å². The van der Waals surface area contributed by atoms with Crippen LogP contribution < -0.4 is 10.6 Å². The van der Waals surface area contributed by atoms with Crippen molar-refractivity contribution < 1.29 is 0 Å². The zero-order valence-corrected chi connectivity index (χ0v) is 17.6. The van der Waals surface area contributed by atoms with Gasteiger partial charge in [0, 0.05) is 30.6 Å². The molecule has 2 N–H and O–H groups in total. The van der Waals surface area contributed by atoms with Crippen LogP contribution in [0.15, 0.2) is 52.2 Å². The highest BCUT2D eigenvalue weighted by molar-refractivity contribution is 7.16. The van der Waals surface area contributed by atoms with Crippen molar-refractivity contribution in [1.82, 2.24) is 10.2 Å². The van der Waals surface area contributed by atoms with Crippen molar-refractivity contribution >= 4 is 44.9 Å². The molecule has 1 saturated heterocycles. The van der Waals surface area contributed by atoms with E-state index in [0.29, 0.717) is 6.04 Å². The van der Waals surface area contributed by atoms with Crippen LogP contribution in [0.25, 0.3) is 0 Å². The summed E-state index contributed by atoms with van der Waals surface area (Å²) in [5.41, 5.74) is 4.79.